The summed E-state index contributed by atoms with van der Waals surface area (Å²) in [5, 5.41) is 8.68. The van der Waals surface area contributed by atoms with Crippen LogP contribution >= 0.6 is 0 Å². The van der Waals surface area contributed by atoms with Gasteiger partial charge in [0.25, 0.3) is 0 Å². The van der Waals surface area contributed by atoms with Crippen molar-refractivity contribution in [1.29, 1.82) is 0 Å². The Kier molecular flexibility index (Phi) is 2.41. The molecule has 0 unspecified atom stereocenters. The van der Waals surface area contributed by atoms with Crippen LogP contribution in [-0.4, -0.2) is 17.4 Å². The second-order valence-corrected chi connectivity index (χ2v) is 2.58. The monoisotopic (exact) mass is 182 g/mol. The number of hydrogen-bond acceptors (Lipinski definition) is 2. The summed E-state index contributed by atoms with van der Waals surface area (Å²) in [6, 6.07) is 2.40. The molecule has 0 atom stereocenters. The van der Waals surface area contributed by atoms with Gasteiger partial charge in [0.05, 0.1) is 11.1 Å². The summed E-state index contributed by atoms with van der Waals surface area (Å²) in [6.45, 7) is 1.51. The summed E-state index contributed by atoms with van der Waals surface area (Å²) in [6.07, 6.45) is 0.214. The molecule has 0 heterocycles. The van der Waals surface area contributed by atoms with E-state index >= 15 is 0 Å². The molecule has 0 saturated heterocycles. The summed E-state index contributed by atoms with van der Waals surface area (Å²) in [4.78, 5) is 21.0. The Labute approximate surface area is 73.8 Å². The van der Waals surface area contributed by atoms with E-state index in [9.17, 15) is 14.0 Å². The molecule has 0 spiro atoms. The van der Waals surface area contributed by atoms with Gasteiger partial charge in [-0.1, -0.05) is 6.07 Å². The minimum atomic E-state index is -1.29. The maximum absolute atomic E-state index is 12.9. The molecule has 0 amide bonds. The number of aromatic carboxylic acids is 1. The lowest BCUT2D eigenvalue weighted by Crippen LogP contribution is -2.06. The van der Waals surface area contributed by atoms with Crippen molar-refractivity contribution in [2.24, 2.45) is 0 Å². The van der Waals surface area contributed by atoms with E-state index in [1.54, 1.807) is 0 Å². The van der Waals surface area contributed by atoms with Crippen LogP contribution < -0.4 is 0 Å². The smallest absolute Gasteiger partial charge is 0.336 e. The molecular formula is C9H7FO3. The highest BCUT2D eigenvalue weighted by Crippen LogP contribution is 2.15. The molecule has 0 radical (unpaired) electrons. The molecule has 0 bridgehead atoms. The molecule has 4 heteroatoms. The Morgan fingerprint density at radius 2 is 2.15 bits per heavy atom. The lowest BCUT2D eigenvalue weighted by molar-refractivity contribution is 0.0692. The number of carboxylic acids is 1. The fourth-order valence-electron chi connectivity index (χ4n) is 1.10. The molecule has 0 saturated carbocycles. The van der Waals surface area contributed by atoms with Gasteiger partial charge < -0.3 is 5.11 Å². The van der Waals surface area contributed by atoms with Gasteiger partial charge in [-0.05, 0) is 18.6 Å². The first-order chi connectivity index (χ1) is 6.07. The molecule has 1 aromatic rings. The van der Waals surface area contributed by atoms with Crippen molar-refractivity contribution in [1.82, 2.24) is 0 Å². The fourth-order valence-corrected chi connectivity index (χ4v) is 1.10. The quantitative estimate of drug-likeness (QED) is 0.707. The van der Waals surface area contributed by atoms with Gasteiger partial charge in [0, 0.05) is 0 Å². The van der Waals surface area contributed by atoms with Crippen molar-refractivity contribution in [2.75, 3.05) is 0 Å². The van der Waals surface area contributed by atoms with Crippen LogP contribution in [0.15, 0.2) is 12.1 Å². The predicted octanol–water partition coefficient (Wildman–Crippen LogP) is 1.64. The van der Waals surface area contributed by atoms with E-state index in [4.69, 9.17) is 5.11 Å². The van der Waals surface area contributed by atoms with Crippen LogP contribution in [-0.2, 0) is 0 Å². The number of rotatable bonds is 2. The van der Waals surface area contributed by atoms with Crippen molar-refractivity contribution < 1.29 is 19.1 Å². The van der Waals surface area contributed by atoms with E-state index in [-0.39, 0.29) is 11.8 Å². The lowest BCUT2D eigenvalue weighted by atomic mass is 10.0. The molecular weight excluding hydrogens is 175 g/mol. The van der Waals surface area contributed by atoms with Gasteiger partial charge in [-0.2, -0.15) is 0 Å². The van der Waals surface area contributed by atoms with Crippen molar-refractivity contribution >= 4 is 12.3 Å². The summed E-state index contributed by atoms with van der Waals surface area (Å²) in [5.41, 5.74) is -0.293. The van der Waals surface area contributed by atoms with E-state index in [0.717, 1.165) is 6.07 Å². The lowest BCUT2D eigenvalue weighted by Gasteiger charge is -2.03. The molecule has 0 aliphatic heterocycles. The van der Waals surface area contributed by atoms with Crippen molar-refractivity contribution in [3.63, 3.8) is 0 Å². The summed E-state index contributed by atoms with van der Waals surface area (Å²) < 4.78 is 12.9. The van der Waals surface area contributed by atoms with Crippen molar-refractivity contribution in [2.45, 2.75) is 6.92 Å². The minimum absolute atomic E-state index is 0.214. The van der Waals surface area contributed by atoms with Crippen LogP contribution in [0.5, 0.6) is 0 Å². The molecule has 1 N–H and O–H groups in total. The van der Waals surface area contributed by atoms with Gasteiger partial charge in [-0.3, -0.25) is 4.79 Å². The van der Waals surface area contributed by atoms with Crippen LogP contribution in [0.4, 0.5) is 4.39 Å². The molecule has 3 nitrogen and oxygen atoms in total. The van der Waals surface area contributed by atoms with E-state index in [2.05, 4.69) is 0 Å². The zero-order valence-electron chi connectivity index (χ0n) is 6.87. The Balaban J connectivity index is 3.52. The zero-order valence-corrected chi connectivity index (χ0v) is 6.87. The number of carbonyl (C=O) groups is 2. The van der Waals surface area contributed by atoms with Gasteiger partial charge in [0.2, 0.25) is 0 Å². The number of benzene rings is 1. The molecule has 0 fully saturated rings. The maximum Gasteiger partial charge on any atom is 0.336 e. The van der Waals surface area contributed by atoms with E-state index in [1.165, 1.54) is 13.0 Å². The minimum Gasteiger partial charge on any atom is -0.478 e. The normalized spacial score (nSPS) is 9.69. The van der Waals surface area contributed by atoms with Gasteiger partial charge in [0.1, 0.15) is 5.82 Å². The molecule has 0 aliphatic carbocycles. The second-order valence-electron chi connectivity index (χ2n) is 2.58. The molecule has 0 aromatic heterocycles. The molecule has 1 rings (SSSR count). The third-order valence-corrected chi connectivity index (χ3v) is 1.73. The number of aryl methyl sites for hydroxylation is 1. The number of carbonyl (C=O) groups excluding carboxylic acids is 1. The number of halogens is 1. The average Bonchev–Trinajstić information content (AvgIpc) is 2.07. The van der Waals surface area contributed by atoms with Gasteiger partial charge in [-0.15, -0.1) is 0 Å². The second kappa shape index (κ2) is 3.35. The fraction of sp³-hybridized carbons (Fsp3) is 0.111. The number of aldehydes is 1. The van der Waals surface area contributed by atoms with E-state index in [1.807, 2.05) is 0 Å². The largest absolute Gasteiger partial charge is 0.478 e. The van der Waals surface area contributed by atoms with E-state index in [0.29, 0.717) is 5.56 Å². The molecule has 68 valence electrons. The summed E-state index contributed by atoms with van der Waals surface area (Å²) >= 11 is 0. The number of hydrogen-bond donors (Lipinski definition) is 1. The molecule has 1 aromatic carbocycles. The first-order valence-corrected chi connectivity index (χ1v) is 3.55. The third-order valence-electron chi connectivity index (χ3n) is 1.73. The SMILES string of the molecule is Cc1ccc(F)c(C=O)c1C(=O)O. The Morgan fingerprint density at radius 3 is 2.54 bits per heavy atom. The highest BCUT2D eigenvalue weighted by molar-refractivity contribution is 5.98. The topological polar surface area (TPSA) is 54.4 Å². The summed E-state index contributed by atoms with van der Waals surface area (Å²) in [7, 11) is 0. The van der Waals surface area contributed by atoms with Crippen molar-refractivity contribution in [3.8, 4) is 0 Å². The standard InChI is InChI=1S/C9H7FO3/c1-5-2-3-7(10)6(4-11)8(5)9(12)13/h2-4H,1H3,(H,12,13). The Morgan fingerprint density at radius 1 is 1.54 bits per heavy atom. The molecule has 13 heavy (non-hydrogen) atoms. The number of carboxylic acid groups (broad SMARTS) is 1. The highest BCUT2D eigenvalue weighted by atomic mass is 19.1. The van der Waals surface area contributed by atoms with Crippen LogP contribution in [0, 0.1) is 12.7 Å². The van der Waals surface area contributed by atoms with E-state index < -0.39 is 17.3 Å². The van der Waals surface area contributed by atoms with Gasteiger partial charge in [0.15, 0.2) is 6.29 Å². The molecule has 0 aliphatic rings. The summed E-state index contributed by atoms with van der Waals surface area (Å²) in [5.74, 6) is -2.10. The highest BCUT2D eigenvalue weighted by Gasteiger charge is 2.16. The predicted molar refractivity (Wildman–Crippen MR) is 43.5 cm³/mol. The van der Waals surface area contributed by atoms with Crippen LogP contribution in [0.25, 0.3) is 0 Å². The van der Waals surface area contributed by atoms with Crippen LogP contribution in [0.3, 0.4) is 0 Å². The van der Waals surface area contributed by atoms with Gasteiger partial charge in [-0.25, -0.2) is 9.18 Å². The van der Waals surface area contributed by atoms with Crippen LogP contribution in [0.1, 0.15) is 26.3 Å². The van der Waals surface area contributed by atoms with Gasteiger partial charge >= 0.3 is 5.97 Å². The van der Waals surface area contributed by atoms with Crippen molar-refractivity contribution in [3.05, 3.63) is 34.6 Å². The first-order valence-electron chi connectivity index (χ1n) is 3.55. The zero-order chi connectivity index (χ0) is 10.0. The average molecular weight is 182 g/mol. The van der Waals surface area contributed by atoms with Crippen LogP contribution in [0.2, 0.25) is 0 Å². The Hall–Kier alpha value is -1.71. The first kappa shape index (κ1) is 9.38. The third kappa shape index (κ3) is 1.56. The maximum atomic E-state index is 12.9. The Bertz CT molecular complexity index is 371.